The van der Waals surface area contributed by atoms with Gasteiger partial charge in [-0.1, -0.05) is 59.8 Å². The third kappa shape index (κ3) is 51.7. The van der Waals surface area contributed by atoms with Gasteiger partial charge in [-0.15, -0.1) is 43.0 Å². The summed E-state index contributed by atoms with van der Waals surface area (Å²) in [5.74, 6) is 0. The molecule has 0 atom stereocenters. The topological polar surface area (TPSA) is 69.2 Å². The zero-order chi connectivity index (χ0) is 21.3. The van der Waals surface area contributed by atoms with Crippen molar-refractivity contribution in [3.05, 3.63) is 62.3 Å². The fourth-order valence-electron chi connectivity index (χ4n) is 1.38. The Morgan fingerprint density at radius 1 is 0.778 bits per heavy atom. The number of allylic oxidation sites excluding steroid dienone is 4. The predicted octanol–water partition coefficient (Wildman–Crippen LogP) is 3.41. The van der Waals surface area contributed by atoms with Gasteiger partial charge in [0.2, 0.25) is 0 Å². The van der Waals surface area contributed by atoms with Crippen LogP contribution in [0.25, 0.3) is 0 Å². The van der Waals surface area contributed by atoms with Crippen molar-refractivity contribution >= 4 is 0 Å². The monoisotopic (exact) mass is 410 g/mol. The summed E-state index contributed by atoms with van der Waals surface area (Å²) in [7, 11) is 0. The first-order chi connectivity index (χ1) is 11.7. The van der Waals surface area contributed by atoms with Gasteiger partial charge in [0.15, 0.2) is 0 Å². The van der Waals surface area contributed by atoms with Crippen LogP contribution >= 0.6 is 0 Å². The minimum Gasteiger partial charge on any atom is -0.850 e. The van der Waals surface area contributed by atoms with Crippen LogP contribution in [0.5, 0.6) is 0 Å². The second-order valence-corrected chi connectivity index (χ2v) is 7.76. The molecule has 0 N–H and O–H groups in total. The Balaban J connectivity index is -0.000000130. The number of hydrogen-bond acceptors (Lipinski definition) is 3. The van der Waals surface area contributed by atoms with Crippen LogP contribution in [0, 0.1) is 6.08 Å². The van der Waals surface area contributed by atoms with E-state index in [0.29, 0.717) is 19.3 Å². The van der Waals surface area contributed by atoms with E-state index in [1.807, 2.05) is 12.2 Å². The predicted molar refractivity (Wildman–Crippen MR) is 108 cm³/mol. The van der Waals surface area contributed by atoms with Crippen molar-refractivity contribution in [1.82, 2.24) is 0 Å². The van der Waals surface area contributed by atoms with Gasteiger partial charge >= 0.3 is 21.7 Å². The maximum absolute atomic E-state index is 10.6. The zero-order valence-electron chi connectivity index (χ0n) is 18.1. The molecule has 4 heteroatoms. The molecule has 0 bridgehead atoms. The standard InChI is InChI=1S/3C6H11O.C5H5.Ti/c3*1-4-5-6(2,3)7;1-2-4-5-3-1;/h3*4H,1,5H2,2-3H3;1-3H,4H2;/q4*-1;+4. The Labute approximate surface area is 183 Å². The summed E-state index contributed by atoms with van der Waals surface area (Å²) in [4.78, 5) is 0. The molecule has 1 aliphatic carbocycles. The summed E-state index contributed by atoms with van der Waals surface area (Å²) in [6, 6.07) is 0. The SMILES string of the molecule is C=CCC(C)(C)[O-].C=CCC(C)(C)[O-].C=CCC(C)(C)[O-].[C-]1=CC=CC1.[Ti+4]. The molecule has 27 heavy (non-hydrogen) atoms. The van der Waals surface area contributed by atoms with E-state index in [1.54, 1.807) is 59.8 Å². The van der Waals surface area contributed by atoms with Crippen molar-refractivity contribution in [1.29, 1.82) is 0 Å². The van der Waals surface area contributed by atoms with Crippen LogP contribution in [-0.2, 0) is 21.7 Å². The van der Waals surface area contributed by atoms with Gasteiger partial charge in [0.1, 0.15) is 0 Å². The molecule has 0 fully saturated rings. The molecule has 0 amide bonds. The van der Waals surface area contributed by atoms with Gasteiger partial charge in [-0.2, -0.15) is 6.08 Å². The van der Waals surface area contributed by atoms with E-state index in [2.05, 4.69) is 31.9 Å². The van der Waals surface area contributed by atoms with Crippen molar-refractivity contribution in [3.63, 3.8) is 0 Å². The molecule has 1 aliphatic rings. The minimum absolute atomic E-state index is 0. The van der Waals surface area contributed by atoms with Gasteiger partial charge < -0.3 is 15.3 Å². The molecular weight excluding hydrogens is 372 g/mol. The third-order valence-corrected chi connectivity index (χ3v) is 2.49. The first-order valence-corrected chi connectivity index (χ1v) is 8.84. The van der Waals surface area contributed by atoms with Crippen molar-refractivity contribution in [2.24, 2.45) is 0 Å². The van der Waals surface area contributed by atoms with E-state index >= 15 is 0 Å². The van der Waals surface area contributed by atoms with E-state index in [-0.39, 0.29) is 21.7 Å². The minimum atomic E-state index is -0.818. The van der Waals surface area contributed by atoms with E-state index < -0.39 is 16.8 Å². The van der Waals surface area contributed by atoms with Crippen LogP contribution < -0.4 is 15.3 Å². The second kappa shape index (κ2) is 18.6. The molecule has 0 spiro atoms. The molecular formula is C23H38O3Ti. The fraction of sp³-hybridized carbons (Fsp3) is 0.565. The van der Waals surface area contributed by atoms with Crippen molar-refractivity contribution in [2.75, 3.05) is 0 Å². The van der Waals surface area contributed by atoms with Crippen molar-refractivity contribution < 1.29 is 37.0 Å². The molecule has 0 saturated heterocycles. The van der Waals surface area contributed by atoms with Crippen LogP contribution in [0.15, 0.2) is 56.2 Å². The molecule has 0 unspecified atom stereocenters. The summed E-state index contributed by atoms with van der Waals surface area (Å²) in [5.41, 5.74) is -2.45. The second-order valence-electron chi connectivity index (χ2n) is 7.76. The van der Waals surface area contributed by atoms with Crippen LogP contribution in [0.3, 0.4) is 0 Å². The molecule has 0 saturated carbocycles. The Morgan fingerprint density at radius 3 is 1.11 bits per heavy atom. The van der Waals surface area contributed by atoms with Gasteiger partial charge in [-0.25, -0.2) is 12.2 Å². The van der Waals surface area contributed by atoms with E-state index in [4.69, 9.17) is 0 Å². The average molecular weight is 410 g/mol. The van der Waals surface area contributed by atoms with E-state index in [0.717, 1.165) is 6.42 Å². The van der Waals surface area contributed by atoms with E-state index in [9.17, 15) is 15.3 Å². The molecule has 0 aromatic heterocycles. The fourth-order valence-corrected chi connectivity index (χ4v) is 1.38. The summed E-state index contributed by atoms with van der Waals surface area (Å²) >= 11 is 0. The Hall–Kier alpha value is -0.706. The molecule has 152 valence electrons. The van der Waals surface area contributed by atoms with Crippen molar-refractivity contribution in [3.8, 4) is 0 Å². The van der Waals surface area contributed by atoms with E-state index in [1.165, 1.54) is 0 Å². The molecule has 1 rings (SSSR count). The Morgan fingerprint density at radius 2 is 1.07 bits per heavy atom. The van der Waals surface area contributed by atoms with Gasteiger partial charge in [-0.3, -0.25) is 6.08 Å². The zero-order valence-corrected chi connectivity index (χ0v) is 19.7. The number of rotatable bonds is 6. The Bertz CT molecular complexity index is 359. The maximum Gasteiger partial charge on any atom is 4.00 e. The summed E-state index contributed by atoms with van der Waals surface area (Å²) in [5, 5.41) is 31.9. The largest absolute Gasteiger partial charge is 4.00 e. The molecule has 0 aromatic rings. The summed E-state index contributed by atoms with van der Waals surface area (Å²) in [6.07, 6.45) is 16.6. The quantitative estimate of drug-likeness (QED) is 0.383. The smallest absolute Gasteiger partial charge is 0.850 e. The first kappa shape index (κ1) is 33.8. The molecule has 0 aliphatic heterocycles. The van der Waals surface area contributed by atoms with Crippen LogP contribution in [-0.4, -0.2) is 16.8 Å². The maximum atomic E-state index is 10.6. The molecule has 3 nitrogen and oxygen atoms in total. The van der Waals surface area contributed by atoms with Crippen LogP contribution in [0.1, 0.15) is 67.2 Å². The average Bonchev–Trinajstić information content (AvgIpc) is 2.94. The number of hydrogen-bond donors (Lipinski definition) is 0. The van der Waals surface area contributed by atoms with Crippen LogP contribution in [0.2, 0.25) is 0 Å². The molecule has 0 aromatic carbocycles. The summed E-state index contributed by atoms with van der Waals surface area (Å²) in [6.45, 7) is 20.2. The normalized spacial score (nSPS) is 12.0. The molecule has 0 heterocycles. The first-order valence-electron chi connectivity index (χ1n) is 8.84. The molecule has 0 radical (unpaired) electrons. The van der Waals surface area contributed by atoms with Gasteiger partial charge in [-0.05, 0) is 19.3 Å². The summed E-state index contributed by atoms with van der Waals surface area (Å²) < 4.78 is 0. The van der Waals surface area contributed by atoms with Gasteiger partial charge in [0, 0.05) is 0 Å². The third-order valence-electron chi connectivity index (χ3n) is 2.49. The van der Waals surface area contributed by atoms with Crippen molar-refractivity contribution in [2.45, 2.75) is 84.0 Å². The van der Waals surface area contributed by atoms with Crippen LogP contribution in [0.4, 0.5) is 0 Å². The Kier molecular flexibility index (Phi) is 23.4. The van der Waals surface area contributed by atoms with Gasteiger partial charge in [0.25, 0.3) is 0 Å². The van der Waals surface area contributed by atoms with Gasteiger partial charge in [0.05, 0.1) is 0 Å².